The van der Waals surface area contributed by atoms with E-state index in [1.807, 2.05) is 4.72 Å². The zero-order chi connectivity index (χ0) is 45.2. The summed E-state index contributed by atoms with van der Waals surface area (Å²) in [6, 6.07) is 1.54. The highest BCUT2D eigenvalue weighted by atomic mass is 32.2. The zero-order valence-electron chi connectivity index (χ0n) is 35.3. The third kappa shape index (κ3) is 8.89. The SMILES string of the molecule is C=C[C@@H]1C[C@H]2CCCCC(F)(F)c3nc4ccc(OC)cc4nc3O[C@@H]3C[C@@H](C(=O)N[C@]4(C(=O)NS(=O)(=O)C5(C)CC5)C[C@H]4C(F)F)N(C3)C(=O)[C@H](C(C)(C)C)NC(=O)O[C@@H]2C1. The van der Waals surface area contributed by atoms with Crippen LogP contribution in [0.4, 0.5) is 22.4 Å². The van der Waals surface area contributed by atoms with Gasteiger partial charge in [-0.05, 0) is 81.3 Å². The van der Waals surface area contributed by atoms with E-state index < -0.39 is 129 Å². The number of fused-ring (bicyclic) bond motifs is 5. The highest BCUT2D eigenvalue weighted by Crippen LogP contribution is 2.50. The molecule has 15 nitrogen and oxygen atoms in total. The van der Waals surface area contributed by atoms with Crippen LogP contribution in [-0.4, -0.2) is 102 Å². The van der Waals surface area contributed by atoms with Crippen molar-refractivity contribution in [3.8, 4) is 11.6 Å². The molecular formula is C42H54F4N6O9S. The van der Waals surface area contributed by atoms with Crippen LogP contribution in [0.2, 0.25) is 0 Å². The van der Waals surface area contributed by atoms with Crippen molar-refractivity contribution in [1.29, 1.82) is 0 Å². The van der Waals surface area contributed by atoms with Crippen LogP contribution in [0.25, 0.3) is 11.0 Å². The largest absolute Gasteiger partial charge is 0.497 e. The molecule has 62 heavy (non-hydrogen) atoms. The molecule has 3 aliphatic carbocycles. The third-order valence-electron chi connectivity index (χ3n) is 13.2. The highest BCUT2D eigenvalue weighted by molar-refractivity contribution is 7.91. The number of hydrogen-bond acceptors (Lipinski definition) is 11. The van der Waals surface area contributed by atoms with Crippen molar-refractivity contribution in [3.63, 3.8) is 0 Å². The Labute approximate surface area is 357 Å². The Morgan fingerprint density at radius 1 is 1.06 bits per heavy atom. The van der Waals surface area contributed by atoms with Gasteiger partial charge < -0.3 is 29.7 Å². The number of halogens is 4. The minimum absolute atomic E-state index is 0.00109. The number of sulfonamides is 1. The van der Waals surface area contributed by atoms with Crippen LogP contribution < -0.4 is 24.8 Å². The number of nitrogens with zero attached hydrogens (tertiary/aromatic N) is 3. The van der Waals surface area contributed by atoms with Gasteiger partial charge in [0, 0.05) is 18.9 Å². The topological polar surface area (TPSA) is 195 Å². The molecule has 0 spiro atoms. The molecule has 3 saturated carbocycles. The van der Waals surface area contributed by atoms with Gasteiger partial charge >= 0.3 is 6.09 Å². The molecule has 1 saturated heterocycles. The molecule has 3 N–H and O–H groups in total. The number of hydrogen-bond donors (Lipinski definition) is 3. The number of nitrogens with one attached hydrogen (secondary N) is 3. The third-order valence-corrected chi connectivity index (χ3v) is 15.3. The lowest BCUT2D eigenvalue weighted by atomic mass is 9.85. The molecule has 3 heterocycles. The lowest BCUT2D eigenvalue weighted by Crippen LogP contribution is -2.60. The number of rotatable bonds is 8. The number of aromatic nitrogens is 2. The van der Waals surface area contributed by atoms with E-state index in [2.05, 4.69) is 27.2 Å². The van der Waals surface area contributed by atoms with Crippen LogP contribution in [0.1, 0.15) is 97.6 Å². The van der Waals surface area contributed by atoms with Gasteiger partial charge in [-0.15, -0.1) is 6.58 Å². The number of amides is 4. The standard InChI is InChI=1S/C42H54F4N6O9S/c1-7-22-16-23-10-8-9-13-42(45,46)31-35(48-28-18-24(59-6)11-12-27(28)47-31)60-25-19-29(52(21-25)36(54)32(39(2,3)4)49-38(56)61-30(23)17-22)34(53)50-41(20-26(41)33(43)44)37(55)51-62(57,58)40(5)14-15-40/h7,11-12,18,22-23,25-26,29-30,32-33H,1,8-10,13-17,19-21H2,2-6H3,(H,49,56)(H,50,53)(H,51,55)/t22-,23-,25-,26+,29+,30-,32-,41-/m1/s1. The van der Waals surface area contributed by atoms with Crippen LogP contribution in [0, 0.1) is 23.2 Å². The summed E-state index contributed by atoms with van der Waals surface area (Å²) in [5.74, 6) is -9.01. The Morgan fingerprint density at radius 3 is 2.42 bits per heavy atom. The van der Waals surface area contributed by atoms with Gasteiger partial charge in [-0.3, -0.25) is 19.1 Å². The van der Waals surface area contributed by atoms with Crippen molar-refractivity contribution in [2.24, 2.45) is 23.2 Å². The van der Waals surface area contributed by atoms with Crippen molar-refractivity contribution >= 4 is 44.9 Å². The number of methoxy groups -OCH3 is 1. The van der Waals surface area contributed by atoms with E-state index in [1.54, 1.807) is 32.9 Å². The van der Waals surface area contributed by atoms with Crippen molar-refractivity contribution in [2.75, 3.05) is 13.7 Å². The van der Waals surface area contributed by atoms with Gasteiger partial charge in [0.25, 0.3) is 11.8 Å². The summed E-state index contributed by atoms with van der Waals surface area (Å²) in [5.41, 5.74) is -3.88. The Kier molecular flexibility index (Phi) is 12.0. The predicted molar refractivity (Wildman–Crippen MR) is 216 cm³/mol. The molecular weight excluding hydrogens is 841 g/mol. The highest BCUT2D eigenvalue weighted by Gasteiger charge is 2.67. The number of carbonyl (C=O) groups excluding carboxylic acids is 4. The maximum Gasteiger partial charge on any atom is 0.408 e. The molecule has 7 rings (SSSR count). The number of carbonyl (C=O) groups is 4. The molecule has 5 aliphatic rings. The second-order valence-corrected chi connectivity index (χ2v) is 21.0. The molecule has 1 aromatic carbocycles. The van der Waals surface area contributed by atoms with Crippen LogP contribution in [-0.2, 0) is 35.1 Å². The lowest BCUT2D eigenvalue weighted by Gasteiger charge is -2.35. The summed E-state index contributed by atoms with van der Waals surface area (Å²) < 4.78 is 106. The first-order valence-electron chi connectivity index (χ1n) is 21.0. The smallest absolute Gasteiger partial charge is 0.408 e. The van der Waals surface area contributed by atoms with Crippen molar-refractivity contribution in [1.82, 2.24) is 30.2 Å². The number of allylic oxidation sites excluding steroid dienone is 1. The normalized spacial score (nSPS) is 31.0. The molecule has 2 aliphatic heterocycles. The van der Waals surface area contributed by atoms with E-state index >= 15 is 8.78 Å². The number of alkyl carbamates (subject to hydrolysis) is 1. The summed E-state index contributed by atoms with van der Waals surface area (Å²) in [7, 11) is -2.90. The molecule has 0 radical (unpaired) electrons. The summed E-state index contributed by atoms with van der Waals surface area (Å²) in [4.78, 5) is 66.2. The summed E-state index contributed by atoms with van der Waals surface area (Å²) in [6.45, 7) is 9.84. The van der Waals surface area contributed by atoms with Crippen molar-refractivity contribution in [2.45, 2.75) is 139 Å². The number of ether oxygens (including phenoxy) is 3. The van der Waals surface area contributed by atoms with Gasteiger partial charge in [0.1, 0.15) is 35.6 Å². The van der Waals surface area contributed by atoms with Crippen LogP contribution in [0.15, 0.2) is 30.9 Å². The number of alkyl halides is 4. The van der Waals surface area contributed by atoms with Gasteiger partial charge in [0.05, 0.1) is 35.4 Å². The first-order valence-corrected chi connectivity index (χ1v) is 22.5. The zero-order valence-corrected chi connectivity index (χ0v) is 36.2. The average Bonchev–Trinajstić information content (AvgIpc) is 4.04. The van der Waals surface area contributed by atoms with E-state index in [0.29, 0.717) is 31.4 Å². The Morgan fingerprint density at radius 2 is 1.79 bits per heavy atom. The fraction of sp³-hybridized carbons (Fsp3) is 0.667. The van der Waals surface area contributed by atoms with E-state index in [0.717, 1.165) is 4.90 Å². The molecule has 4 amide bonds. The quantitative estimate of drug-likeness (QED) is 0.223. The Bertz CT molecular complexity index is 2240. The fourth-order valence-electron chi connectivity index (χ4n) is 8.88. The molecule has 8 atom stereocenters. The first kappa shape index (κ1) is 45.3. The summed E-state index contributed by atoms with van der Waals surface area (Å²) >= 11 is 0. The van der Waals surface area contributed by atoms with Crippen molar-refractivity contribution in [3.05, 3.63) is 36.5 Å². The maximum absolute atomic E-state index is 16.4. The lowest BCUT2D eigenvalue weighted by molar-refractivity contribution is -0.143. The van der Waals surface area contributed by atoms with Gasteiger partial charge in [-0.2, -0.15) is 8.78 Å². The van der Waals surface area contributed by atoms with E-state index in [9.17, 15) is 36.4 Å². The van der Waals surface area contributed by atoms with Crippen LogP contribution >= 0.6 is 0 Å². The minimum atomic E-state index is -4.31. The predicted octanol–water partition coefficient (Wildman–Crippen LogP) is 5.51. The van der Waals surface area contributed by atoms with Crippen molar-refractivity contribution < 1.29 is 59.4 Å². The van der Waals surface area contributed by atoms with E-state index in [-0.39, 0.29) is 42.1 Å². The van der Waals surface area contributed by atoms with Crippen LogP contribution in [0.5, 0.6) is 11.6 Å². The minimum Gasteiger partial charge on any atom is -0.497 e. The average molecular weight is 895 g/mol. The molecule has 2 bridgehead atoms. The molecule has 2 aromatic rings. The first-order chi connectivity index (χ1) is 29.0. The molecule has 20 heteroatoms. The van der Waals surface area contributed by atoms with Gasteiger partial charge in [-0.1, -0.05) is 33.3 Å². The summed E-state index contributed by atoms with van der Waals surface area (Å²) in [5, 5.41) is 5.04. The molecule has 340 valence electrons. The van der Waals surface area contributed by atoms with E-state index in [1.165, 1.54) is 26.2 Å². The molecule has 1 aromatic heterocycles. The van der Waals surface area contributed by atoms with Crippen LogP contribution in [0.3, 0.4) is 0 Å². The second kappa shape index (κ2) is 16.4. The molecule has 0 unspecified atom stereocenters. The summed E-state index contributed by atoms with van der Waals surface area (Å²) in [6.07, 6.45) is -3.36. The second-order valence-electron chi connectivity index (χ2n) is 18.8. The van der Waals surface area contributed by atoms with Gasteiger partial charge in [0.2, 0.25) is 34.1 Å². The maximum atomic E-state index is 16.4. The monoisotopic (exact) mass is 894 g/mol. The Hall–Kier alpha value is -4.75. The Balaban J connectivity index is 1.27. The fourth-order valence-corrected chi connectivity index (χ4v) is 10.2. The van der Waals surface area contributed by atoms with Gasteiger partial charge in [-0.25, -0.2) is 32.0 Å². The number of benzene rings is 1. The molecule has 4 fully saturated rings. The van der Waals surface area contributed by atoms with E-state index in [4.69, 9.17) is 14.2 Å². The van der Waals surface area contributed by atoms with Gasteiger partial charge in [0.15, 0.2) is 5.69 Å².